The third kappa shape index (κ3) is 4.58. The summed E-state index contributed by atoms with van der Waals surface area (Å²) in [5.74, 6) is 5.93. The average molecular weight is 507 g/mol. The fraction of sp³-hybridized carbons (Fsp3) is 0.179. The SMILES string of the molecule is C[C@H](NC(=O)c1c(N)nn2cccnc12)c1nc2cccc(C#CC(C)(C)N)c2c(=O)n1-c1ccccc1. The molecule has 0 aliphatic carbocycles. The lowest BCUT2D eigenvalue weighted by molar-refractivity contribution is 0.0940. The number of carbonyl (C=O) groups is 1. The van der Waals surface area contributed by atoms with Gasteiger partial charge in [-0.3, -0.25) is 14.2 Å². The van der Waals surface area contributed by atoms with Crippen LogP contribution in [0, 0.1) is 11.8 Å². The van der Waals surface area contributed by atoms with E-state index in [4.69, 9.17) is 16.5 Å². The number of hydrogen-bond acceptors (Lipinski definition) is 7. The standard InChI is InChI=1S/C28H26N8O2/c1-17(32-26(37)22-23(29)34-35-16-8-15-31-25(22)35)24-33-20-12-7-9-18(13-14-28(2,3)30)21(20)27(38)36(24)19-10-5-4-6-11-19/h4-12,15-17H,30H2,1-3H3,(H2,29,34)(H,32,37)/t17-/m0/s1. The Bertz CT molecular complexity index is 1800. The van der Waals surface area contributed by atoms with Gasteiger partial charge in [0.1, 0.15) is 11.4 Å². The molecule has 5 N–H and O–H groups in total. The number of anilines is 1. The first-order valence-corrected chi connectivity index (χ1v) is 12.0. The van der Waals surface area contributed by atoms with Crippen LogP contribution in [0.3, 0.4) is 0 Å². The van der Waals surface area contributed by atoms with Gasteiger partial charge in [-0.05, 0) is 51.1 Å². The number of nitrogens with one attached hydrogen (secondary N) is 1. The van der Waals surface area contributed by atoms with Crippen LogP contribution in [0.4, 0.5) is 5.82 Å². The molecule has 0 bridgehead atoms. The number of hydrogen-bond donors (Lipinski definition) is 3. The van der Waals surface area contributed by atoms with Crippen molar-refractivity contribution in [1.82, 2.24) is 29.5 Å². The molecule has 0 aliphatic rings. The molecule has 5 aromatic rings. The van der Waals surface area contributed by atoms with E-state index in [1.807, 2.05) is 18.2 Å². The van der Waals surface area contributed by atoms with E-state index in [0.717, 1.165) is 0 Å². The second-order valence-electron chi connectivity index (χ2n) is 9.46. The zero-order valence-electron chi connectivity index (χ0n) is 21.1. The normalized spacial score (nSPS) is 12.2. The fourth-order valence-corrected chi connectivity index (χ4v) is 4.15. The highest BCUT2D eigenvalue weighted by atomic mass is 16.2. The summed E-state index contributed by atoms with van der Waals surface area (Å²) in [5.41, 5.74) is 13.1. The van der Waals surface area contributed by atoms with Crippen LogP contribution in [0.1, 0.15) is 48.6 Å². The molecule has 5 rings (SSSR count). The maximum Gasteiger partial charge on any atom is 0.267 e. The lowest BCUT2D eigenvalue weighted by atomic mass is 10.1. The molecule has 0 fully saturated rings. The van der Waals surface area contributed by atoms with Gasteiger partial charge in [0.25, 0.3) is 11.5 Å². The van der Waals surface area contributed by atoms with Crippen molar-refractivity contribution in [2.45, 2.75) is 32.4 Å². The van der Waals surface area contributed by atoms with Crippen LogP contribution in [-0.4, -0.2) is 35.6 Å². The van der Waals surface area contributed by atoms with Gasteiger partial charge in [-0.15, -0.1) is 5.10 Å². The molecule has 3 aromatic heterocycles. The Labute approximate surface area is 218 Å². The van der Waals surface area contributed by atoms with E-state index in [2.05, 4.69) is 27.2 Å². The minimum Gasteiger partial charge on any atom is -0.381 e. The predicted molar refractivity (Wildman–Crippen MR) is 146 cm³/mol. The van der Waals surface area contributed by atoms with Gasteiger partial charge in [0.15, 0.2) is 11.5 Å². The molecule has 1 atom stereocenters. The van der Waals surface area contributed by atoms with Gasteiger partial charge < -0.3 is 16.8 Å². The van der Waals surface area contributed by atoms with Crippen molar-refractivity contribution >= 4 is 28.3 Å². The smallest absolute Gasteiger partial charge is 0.267 e. The van der Waals surface area contributed by atoms with Crippen molar-refractivity contribution in [3.63, 3.8) is 0 Å². The second-order valence-corrected chi connectivity index (χ2v) is 9.46. The molecule has 0 saturated heterocycles. The van der Waals surface area contributed by atoms with Crippen molar-refractivity contribution in [1.29, 1.82) is 0 Å². The Kier molecular flexibility index (Phi) is 6.14. The third-order valence-corrected chi connectivity index (χ3v) is 5.84. The number of fused-ring (bicyclic) bond motifs is 2. The van der Waals surface area contributed by atoms with Crippen LogP contribution in [0.5, 0.6) is 0 Å². The first kappa shape index (κ1) is 24.7. The molecule has 190 valence electrons. The van der Waals surface area contributed by atoms with E-state index < -0.39 is 17.5 Å². The van der Waals surface area contributed by atoms with Crippen LogP contribution >= 0.6 is 0 Å². The van der Waals surface area contributed by atoms with Gasteiger partial charge in [-0.25, -0.2) is 14.5 Å². The first-order valence-electron chi connectivity index (χ1n) is 12.0. The van der Waals surface area contributed by atoms with E-state index in [-0.39, 0.29) is 16.9 Å². The highest BCUT2D eigenvalue weighted by molar-refractivity contribution is 6.04. The Morgan fingerprint density at radius 3 is 2.61 bits per heavy atom. The fourth-order valence-electron chi connectivity index (χ4n) is 4.15. The van der Waals surface area contributed by atoms with Gasteiger partial charge in [0.2, 0.25) is 0 Å². The van der Waals surface area contributed by atoms with Gasteiger partial charge in [-0.2, -0.15) is 0 Å². The van der Waals surface area contributed by atoms with Gasteiger partial charge >= 0.3 is 0 Å². The second kappa shape index (κ2) is 9.46. The summed E-state index contributed by atoms with van der Waals surface area (Å²) in [4.78, 5) is 36.4. The summed E-state index contributed by atoms with van der Waals surface area (Å²) < 4.78 is 2.93. The zero-order chi connectivity index (χ0) is 27.0. The van der Waals surface area contributed by atoms with E-state index in [0.29, 0.717) is 33.6 Å². The number of rotatable bonds is 4. The largest absolute Gasteiger partial charge is 0.381 e. The highest BCUT2D eigenvalue weighted by Gasteiger charge is 2.24. The Morgan fingerprint density at radius 1 is 1.11 bits per heavy atom. The summed E-state index contributed by atoms with van der Waals surface area (Å²) >= 11 is 0. The molecule has 10 heteroatoms. The molecule has 2 aromatic carbocycles. The lowest BCUT2D eigenvalue weighted by Crippen LogP contribution is -2.33. The van der Waals surface area contributed by atoms with Crippen molar-refractivity contribution in [2.24, 2.45) is 5.73 Å². The van der Waals surface area contributed by atoms with E-state index in [9.17, 15) is 9.59 Å². The quantitative estimate of drug-likeness (QED) is 0.318. The summed E-state index contributed by atoms with van der Waals surface area (Å²) in [6.45, 7) is 5.33. The first-order chi connectivity index (χ1) is 18.1. The monoisotopic (exact) mass is 506 g/mol. The molecular formula is C28H26N8O2. The minimum atomic E-state index is -0.735. The molecular weight excluding hydrogens is 480 g/mol. The number of nitrogens with two attached hydrogens (primary N) is 2. The van der Waals surface area contributed by atoms with Crippen LogP contribution in [-0.2, 0) is 0 Å². The van der Waals surface area contributed by atoms with Crippen LogP contribution in [0.25, 0.3) is 22.2 Å². The summed E-state index contributed by atoms with van der Waals surface area (Å²) in [5, 5.41) is 7.44. The summed E-state index contributed by atoms with van der Waals surface area (Å²) in [6.07, 6.45) is 3.21. The van der Waals surface area contributed by atoms with E-state index in [1.54, 1.807) is 69.6 Å². The topological polar surface area (TPSA) is 146 Å². The molecule has 10 nitrogen and oxygen atoms in total. The Hall–Kier alpha value is -5.01. The van der Waals surface area contributed by atoms with Crippen LogP contribution in [0.2, 0.25) is 0 Å². The predicted octanol–water partition coefficient (Wildman–Crippen LogP) is 2.59. The highest BCUT2D eigenvalue weighted by Crippen LogP contribution is 2.22. The molecule has 0 saturated carbocycles. The number of nitrogens with zero attached hydrogens (tertiary/aromatic N) is 5. The average Bonchev–Trinajstić information content (AvgIpc) is 3.23. The summed E-state index contributed by atoms with van der Waals surface area (Å²) in [6, 6.07) is 15.4. The van der Waals surface area contributed by atoms with Crippen molar-refractivity contribution < 1.29 is 4.79 Å². The Morgan fingerprint density at radius 2 is 1.87 bits per heavy atom. The number of aromatic nitrogens is 5. The number of para-hydroxylation sites is 1. The maximum absolute atomic E-state index is 14.0. The number of nitrogen functional groups attached to an aromatic ring is 1. The summed E-state index contributed by atoms with van der Waals surface area (Å²) in [7, 11) is 0. The molecule has 0 unspecified atom stereocenters. The lowest BCUT2D eigenvalue weighted by Gasteiger charge is -2.20. The molecule has 1 amide bonds. The molecule has 38 heavy (non-hydrogen) atoms. The third-order valence-electron chi connectivity index (χ3n) is 5.84. The van der Waals surface area contributed by atoms with Crippen LogP contribution in [0.15, 0.2) is 71.8 Å². The number of amides is 1. The van der Waals surface area contributed by atoms with Crippen molar-refractivity contribution in [3.8, 4) is 17.5 Å². The van der Waals surface area contributed by atoms with Crippen molar-refractivity contribution in [3.05, 3.63) is 94.3 Å². The van der Waals surface area contributed by atoms with Gasteiger partial charge in [0, 0.05) is 18.0 Å². The van der Waals surface area contributed by atoms with Gasteiger partial charge in [-0.1, -0.05) is 36.1 Å². The maximum atomic E-state index is 14.0. The number of benzene rings is 2. The minimum absolute atomic E-state index is 0.0476. The molecule has 0 spiro atoms. The van der Waals surface area contributed by atoms with Gasteiger partial charge in [0.05, 0.1) is 28.2 Å². The van der Waals surface area contributed by atoms with Crippen LogP contribution < -0.4 is 22.3 Å². The molecule has 0 radical (unpaired) electrons. The molecule has 3 heterocycles. The molecule has 0 aliphatic heterocycles. The van der Waals surface area contributed by atoms with E-state index >= 15 is 0 Å². The number of carbonyl (C=O) groups excluding carboxylic acids is 1. The zero-order valence-corrected chi connectivity index (χ0v) is 21.1. The van der Waals surface area contributed by atoms with Crippen molar-refractivity contribution in [2.75, 3.05) is 5.73 Å². The Balaban J connectivity index is 1.66. The van der Waals surface area contributed by atoms with E-state index in [1.165, 1.54) is 9.08 Å².